The molecule has 8 nitrogen and oxygen atoms in total. The number of halogens is 1. The van der Waals surface area contributed by atoms with Gasteiger partial charge in [0.05, 0.1) is 12.8 Å². The summed E-state index contributed by atoms with van der Waals surface area (Å²) in [7, 11) is 0. The number of nitrogens with one attached hydrogen (secondary N) is 2. The molecule has 1 aliphatic carbocycles. The van der Waals surface area contributed by atoms with Crippen molar-refractivity contribution < 1.29 is 14.6 Å². The topological polar surface area (TPSA) is 113 Å². The fraction of sp³-hybridized carbons (Fsp3) is 0.467. The molecule has 24 heavy (non-hydrogen) atoms. The molecule has 0 unspecified atom stereocenters. The highest BCUT2D eigenvalue weighted by Crippen LogP contribution is 2.33. The van der Waals surface area contributed by atoms with Crippen molar-refractivity contribution in [3.05, 3.63) is 23.9 Å². The maximum Gasteiger partial charge on any atom is 0.404 e. The van der Waals surface area contributed by atoms with Crippen LogP contribution in [-0.4, -0.2) is 44.0 Å². The number of rotatable bonds is 5. The lowest BCUT2D eigenvalue weighted by Crippen LogP contribution is -2.37. The number of carboxylic acid groups (broad SMARTS) is 1. The van der Waals surface area contributed by atoms with Crippen LogP contribution < -0.4 is 10.1 Å². The van der Waals surface area contributed by atoms with Crippen LogP contribution in [0.25, 0.3) is 11.3 Å². The van der Waals surface area contributed by atoms with Gasteiger partial charge in [-0.05, 0) is 31.6 Å². The molecule has 0 saturated heterocycles. The molecule has 3 N–H and O–H groups in total. The van der Waals surface area contributed by atoms with Crippen molar-refractivity contribution in [2.45, 2.75) is 31.7 Å². The van der Waals surface area contributed by atoms with Gasteiger partial charge in [-0.15, -0.1) is 0 Å². The van der Waals surface area contributed by atoms with Gasteiger partial charge in [-0.1, -0.05) is 11.6 Å². The monoisotopic (exact) mass is 351 g/mol. The number of nitrogens with zero attached hydrogens (tertiary/aromatic N) is 3. The third kappa shape index (κ3) is 3.94. The van der Waals surface area contributed by atoms with E-state index < -0.39 is 6.09 Å². The maximum absolute atomic E-state index is 10.7. The van der Waals surface area contributed by atoms with Crippen molar-refractivity contribution in [2.24, 2.45) is 5.92 Å². The number of hydrogen-bond acceptors (Lipinski definition) is 5. The third-order valence-electron chi connectivity index (χ3n) is 4.17. The minimum atomic E-state index is -0.965. The van der Waals surface area contributed by atoms with Gasteiger partial charge in [-0.25, -0.2) is 14.8 Å². The van der Waals surface area contributed by atoms with E-state index in [1.54, 1.807) is 12.4 Å². The van der Waals surface area contributed by atoms with E-state index in [1.165, 1.54) is 6.33 Å². The van der Waals surface area contributed by atoms with Gasteiger partial charge in [0.15, 0.2) is 10.9 Å². The van der Waals surface area contributed by atoms with Gasteiger partial charge in [0.1, 0.15) is 12.0 Å². The summed E-state index contributed by atoms with van der Waals surface area (Å²) in [6.45, 7) is 0.498. The van der Waals surface area contributed by atoms with Crippen molar-refractivity contribution in [3.8, 4) is 17.0 Å². The first-order valence-electron chi connectivity index (χ1n) is 7.75. The van der Waals surface area contributed by atoms with Gasteiger partial charge in [0.25, 0.3) is 0 Å². The second kappa shape index (κ2) is 7.48. The maximum atomic E-state index is 10.7. The third-order valence-corrected chi connectivity index (χ3v) is 4.44. The Labute approximate surface area is 143 Å². The van der Waals surface area contributed by atoms with Crippen LogP contribution in [0.3, 0.4) is 0 Å². The quantitative estimate of drug-likeness (QED) is 0.714. The molecule has 0 aromatic carbocycles. The second-order valence-electron chi connectivity index (χ2n) is 5.81. The van der Waals surface area contributed by atoms with E-state index in [2.05, 4.69) is 25.5 Å². The Morgan fingerprint density at radius 3 is 2.83 bits per heavy atom. The highest BCUT2D eigenvalue weighted by atomic mass is 35.5. The van der Waals surface area contributed by atoms with Crippen molar-refractivity contribution in [2.75, 3.05) is 6.61 Å². The van der Waals surface area contributed by atoms with E-state index in [0.29, 0.717) is 24.0 Å². The molecule has 0 atom stereocenters. The van der Waals surface area contributed by atoms with E-state index in [0.717, 1.165) is 31.2 Å². The molecule has 0 radical (unpaired) electrons. The average molecular weight is 352 g/mol. The van der Waals surface area contributed by atoms with Crippen LogP contribution in [0.2, 0.25) is 5.15 Å². The summed E-state index contributed by atoms with van der Waals surface area (Å²) in [5, 5.41) is 18.2. The van der Waals surface area contributed by atoms with Gasteiger partial charge in [0.2, 0.25) is 0 Å². The minimum Gasteiger partial charge on any atom is -0.488 e. The Hall–Kier alpha value is -2.35. The predicted molar refractivity (Wildman–Crippen MR) is 87.0 cm³/mol. The highest BCUT2D eigenvalue weighted by molar-refractivity contribution is 6.31. The molecule has 0 spiro atoms. The molecular formula is C15H18ClN5O3. The van der Waals surface area contributed by atoms with Crippen molar-refractivity contribution >= 4 is 17.7 Å². The Morgan fingerprint density at radius 2 is 2.17 bits per heavy atom. The lowest BCUT2D eigenvalue weighted by molar-refractivity contribution is 0.169. The fourth-order valence-electron chi connectivity index (χ4n) is 2.92. The molecular weight excluding hydrogens is 334 g/mol. The highest BCUT2D eigenvalue weighted by Gasteiger charge is 2.24. The van der Waals surface area contributed by atoms with Gasteiger partial charge >= 0.3 is 6.09 Å². The number of hydrogen-bond donors (Lipinski definition) is 3. The number of amides is 1. The largest absolute Gasteiger partial charge is 0.488 e. The van der Waals surface area contributed by atoms with Crippen LogP contribution in [0, 0.1) is 5.92 Å². The van der Waals surface area contributed by atoms with Crippen LogP contribution in [0.4, 0.5) is 4.79 Å². The second-order valence-corrected chi connectivity index (χ2v) is 6.17. The van der Waals surface area contributed by atoms with E-state index in [4.69, 9.17) is 21.4 Å². The summed E-state index contributed by atoms with van der Waals surface area (Å²) in [5.74, 6) is 0.802. The van der Waals surface area contributed by atoms with Crippen molar-refractivity contribution in [1.29, 1.82) is 0 Å². The first-order chi connectivity index (χ1) is 11.6. The summed E-state index contributed by atoms with van der Waals surface area (Å²) in [4.78, 5) is 18.9. The zero-order valence-corrected chi connectivity index (χ0v) is 13.7. The Kier molecular flexibility index (Phi) is 5.14. The molecule has 2 aromatic rings. The van der Waals surface area contributed by atoms with Gasteiger partial charge < -0.3 is 15.2 Å². The number of aromatic amines is 1. The average Bonchev–Trinajstić information content (AvgIpc) is 3.09. The normalized spacial score (nSPS) is 20.5. The predicted octanol–water partition coefficient (Wildman–Crippen LogP) is 2.73. The summed E-state index contributed by atoms with van der Waals surface area (Å²) in [5.41, 5.74) is 1.38. The number of aromatic nitrogens is 4. The van der Waals surface area contributed by atoms with Gasteiger partial charge in [-0.3, -0.25) is 5.10 Å². The lowest BCUT2D eigenvalue weighted by Gasteiger charge is -2.28. The van der Waals surface area contributed by atoms with E-state index in [1.807, 2.05) is 0 Å². The smallest absolute Gasteiger partial charge is 0.404 e. The zero-order valence-electron chi connectivity index (χ0n) is 12.9. The molecule has 2 heterocycles. The van der Waals surface area contributed by atoms with Crippen LogP contribution in [0.5, 0.6) is 5.75 Å². The number of H-pyrrole nitrogens is 1. The van der Waals surface area contributed by atoms with Crippen LogP contribution in [0.1, 0.15) is 25.7 Å². The van der Waals surface area contributed by atoms with Gasteiger partial charge in [0, 0.05) is 17.8 Å². The van der Waals surface area contributed by atoms with Crippen LogP contribution in [0.15, 0.2) is 18.7 Å². The molecule has 128 valence electrons. The Morgan fingerprint density at radius 1 is 1.38 bits per heavy atom. The first-order valence-corrected chi connectivity index (χ1v) is 8.13. The molecule has 3 rings (SSSR count). The molecule has 9 heteroatoms. The molecule has 1 aliphatic rings. The Bertz CT molecular complexity index is 686. The molecule has 0 aliphatic heterocycles. The fourth-order valence-corrected chi connectivity index (χ4v) is 3.10. The van der Waals surface area contributed by atoms with Crippen molar-refractivity contribution in [1.82, 2.24) is 25.5 Å². The van der Waals surface area contributed by atoms with Crippen molar-refractivity contribution in [3.63, 3.8) is 0 Å². The van der Waals surface area contributed by atoms with Crippen LogP contribution in [-0.2, 0) is 0 Å². The first kappa shape index (κ1) is 16.5. The van der Waals surface area contributed by atoms with Gasteiger partial charge in [-0.2, -0.15) is 5.10 Å². The molecule has 1 saturated carbocycles. The van der Waals surface area contributed by atoms with Crippen LogP contribution >= 0.6 is 11.6 Å². The molecule has 2 aromatic heterocycles. The summed E-state index contributed by atoms with van der Waals surface area (Å²) < 4.78 is 5.91. The summed E-state index contributed by atoms with van der Waals surface area (Å²) in [6, 6.07) is 0.0314. The minimum absolute atomic E-state index is 0.0314. The molecule has 1 fully saturated rings. The van der Waals surface area contributed by atoms with E-state index in [9.17, 15) is 4.79 Å². The SMILES string of the molecule is O=C(O)NC1CCC(COc2c(Cl)ncnc2-c2cn[nH]c2)CC1. The lowest BCUT2D eigenvalue weighted by atomic mass is 9.86. The van der Waals surface area contributed by atoms with E-state index in [-0.39, 0.29) is 11.2 Å². The summed E-state index contributed by atoms with van der Waals surface area (Å²) >= 11 is 6.16. The molecule has 0 bridgehead atoms. The zero-order chi connectivity index (χ0) is 16.9. The summed E-state index contributed by atoms with van der Waals surface area (Å²) in [6.07, 6.45) is 7.21. The number of ether oxygens (including phenoxy) is 1. The molecule has 1 amide bonds. The standard InChI is InChI=1S/C15H18ClN5O3/c16-14-13(12(17-8-18-14)10-5-19-20-6-10)24-7-9-1-3-11(4-2-9)21-15(22)23/h5-6,8-9,11,21H,1-4,7H2,(H,19,20)(H,22,23). The van der Waals surface area contributed by atoms with E-state index >= 15 is 0 Å². The number of carbonyl (C=O) groups is 1. The Balaban J connectivity index is 1.61.